The van der Waals surface area contributed by atoms with Crippen LogP contribution >= 0.6 is 0 Å². The van der Waals surface area contributed by atoms with E-state index in [1.807, 2.05) is 6.92 Å². The fraction of sp³-hybridized carbons (Fsp3) is 0.800. The molecule has 0 aromatic rings. The molecule has 86 valence electrons. The largest absolute Gasteiger partial charge is 0.354 e. The van der Waals surface area contributed by atoms with Crippen molar-refractivity contribution in [1.29, 1.82) is 0 Å². The van der Waals surface area contributed by atoms with Gasteiger partial charge in [-0.1, -0.05) is 13.3 Å². The number of amides is 2. The van der Waals surface area contributed by atoms with Gasteiger partial charge in [-0.2, -0.15) is 0 Å². The lowest BCUT2D eigenvalue weighted by atomic mass is 10.0. The minimum atomic E-state index is -0.120. The zero-order valence-corrected chi connectivity index (χ0v) is 9.08. The Labute approximate surface area is 89.8 Å². The summed E-state index contributed by atoms with van der Waals surface area (Å²) in [5.41, 5.74) is 5.52. The molecule has 1 aliphatic rings. The van der Waals surface area contributed by atoms with E-state index in [9.17, 15) is 9.59 Å². The quantitative estimate of drug-likeness (QED) is 0.568. The van der Waals surface area contributed by atoms with Crippen molar-refractivity contribution in [2.24, 2.45) is 11.7 Å². The molecule has 2 atom stereocenters. The van der Waals surface area contributed by atoms with Crippen LogP contribution in [0, 0.1) is 5.92 Å². The molecule has 0 spiro atoms. The Balaban J connectivity index is 2.36. The van der Waals surface area contributed by atoms with Gasteiger partial charge in [-0.25, -0.2) is 0 Å². The van der Waals surface area contributed by atoms with Crippen molar-refractivity contribution in [3.8, 4) is 0 Å². The number of carbonyl (C=O) groups excluding carboxylic acids is 2. The van der Waals surface area contributed by atoms with Gasteiger partial charge in [-0.05, 0) is 6.42 Å². The highest BCUT2D eigenvalue weighted by Crippen LogP contribution is 2.07. The monoisotopic (exact) mass is 213 g/mol. The molecule has 4 N–H and O–H groups in total. The van der Waals surface area contributed by atoms with Gasteiger partial charge in [-0.15, -0.1) is 0 Å². The molecule has 0 bridgehead atoms. The topological polar surface area (TPSA) is 84.2 Å². The average molecular weight is 213 g/mol. The second-order valence-electron chi connectivity index (χ2n) is 3.94. The normalized spacial score (nSPS) is 22.3. The van der Waals surface area contributed by atoms with Crippen molar-refractivity contribution in [1.82, 2.24) is 10.6 Å². The summed E-state index contributed by atoms with van der Waals surface area (Å²) >= 11 is 0. The smallest absolute Gasteiger partial charge is 0.224 e. The van der Waals surface area contributed by atoms with Gasteiger partial charge in [0.05, 0.1) is 12.0 Å². The molecule has 1 aliphatic heterocycles. The van der Waals surface area contributed by atoms with Crippen LogP contribution in [0.2, 0.25) is 0 Å². The Hall–Kier alpha value is -1.10. The summed E-state index contributed by atoms with van der Waals surface area (Å²) in [7, 11) is 0. The molecular weight excluding hydrogens is 194 g/mol. The number of nitrogens with one attached hydrogen (secondary N) is 2. The Morgan fingerprint density at radius 1 is 1.73 bits per heavy atom. The molecule has 5 heteroatoms. The van der Waals surface area contributed by atoms with E-state index < -0.39 is 0 Å². The Morgan fingerprint density at radius 3 is 2.93 bits per heavy atom. The first kappa shape index (κ1) is 12.0. The first-order chi connectivity index (χ1) is 7.17. The van der Waals surface area contributed by atoms with Crippen LogP contribution in [0.25, 0.3) is 0 Å². The van der Waals surface area contributed by atoms with E-state index >= 15 is 0 Å². The lowest BCUT2D eigenvalue weighted by Crippen LogP contribution is -2.42. The Bertz CT molecular complexity index is 243. The van der Waals surface area contributed by atoms with Crippen molar-refractivity contribution in [3.05, 3.63) is 0 Å². The number of rotatable bonds is 5. The second-order valence-corrected chi connectivity index (χ2v) is 3.94. The SMILES string of the molecule is CCCC(CN)C(=O)NC1CNC(=O)C1. The first-order valence-corrected chi connectivity index (χ1v) is 5.44. The fourth-order valence-electron chi connectivity index (χ4n) is 1.73. The zero-order valence-electron chi connectivity index (χ0n) is 9.08. The highest BCUT2D eigenvalue weighted by molar-refractivity contribution is 5.83. The molecule has 2 amide bonds. The van der Waals surface area contributed by atoms with E-state index in [-0.39, 0.29) is 23.8 Å². The van der Waals surface area contributed by atoms with Gasteiger partial charge in [0.2, 0.25) is 11.8 Å². The van der Waals surface area contributed by atoms with Gasteiger partial charge in [0.25, 0.3) is 0 Å². The van der Waals surface area contributed by atoms with Crippen LogP contribution in [0.4, 0.5) is 0 Å². The Kier molecular flexibility index (Phi) is 4.55. The van der Waals surface area contributed by atoms with Crippen LogP contribution in [-0.2, 0) is 9.59 Å². The lowest BCUT2D eigenvalue weighted by molar-refractivity contribution is -0.125. The number of carbonyl (C=O) groups is 2. The summed E-state index contributed by atoms with van der Waals surface area (Å²) in [4.78, 5) is 22.6. The molecular formula is C10H19N3O2. The molecule has 0 saturated carbocycles. The lowest BCUT2D eigenvalue weighted by Gasteiger charge is -2.16. The van der Waals surface area contributed by atoms with Gasteiger partial charge < -0.3 is 16.4 Å². The highest BCUT2D eigenvalue weighted by atomic mass is 16.2. The van der Waals surface area contributed by atoms with E-state index in [1.165, 1.54) is 0 Å². The van der Waals surface area contributed by atoms with Gasteiger partial charge in [0, 0.05) is 19.5 Å². The summed E-state index contributed by atoms with van der Waals surface area (Å²) in [6.07, 6.45) is 2.13. The molecule has 5 nitrogen and oxygen atoms in total. The standard InChI is InChI=1S/C10H19N3O2/c1-2-3-7(5-11)10(15)13-8-4-9(14)12-6-8/h7-8H,2-6,11H2,1H3,(H,12,14)(H,13,15). The summed E-state index contributed by atoms with van der Waals surface area (Å²) in [5.74, 6) is -0.147. The predicted molar refractivity (Wildman–Crippen MR) is 57.0 cm³/mol. The number of hydrogen-bond donors (Lipinski definition) is 3. The van der Waals surface area contributed by atoms with Crippen LogP contribution < -0.4 is 16.4 Å². The molecule has 0 aromatic carbocycles. The van der Waals surface area contributed by atoms with Crippen molar-refractivity contribution in [3.63, 3.8) is 0 Å². The van der Waals surface area contributed by atoms with E-state index in [0.717, 1.165) is 12.8 Å². The molecule has 1 heterocycles. The van der Waals surface area contributed by atoms with E-state index in [1.54, 1.807) is 0 Å². The summed E-state index contributed by atoms with van der Waals surface area (Å²) in [6, 6.07) is -0.0593. The van der Waals surface area contributed by atoms with Gasteiger partial charge in [-0.3, -0.25) is 9.59 Å². The molecule has 1 rings (SSSR count). The van der Waals surface area contributed by atoms with Crippen LogP contribution in [0.15, 0.2) is 0 Å². The fourth-order valence-corrected chi connectivity index (χ4v) is 1.73. The van der Waals surface area contributed by atoms with Crippen LogP contribution in [-0.4, -0.2) is 30.9 Å². The van der Waals surface area contributed by atoms with E-state index in [2.05, 4.69) is 10.6 Å². The maximum atomic E-state index is 11.7. The van der Waals surface area contributed by atoms with Crippen LogP contribution in [0.5, 0.6) is 0 Å². The third-order valence-electron chi connectivity index (χ3n) is 2.62. The zero-order chi connectivity index (χ0) is 11.3. The van der Waals surface area contributed by atoms with Crippen LogP contribution in [0.3, 0.4) is 0 Å². The third-order valence-corrected chi connectivity index (χ3v) is 2.62. The molecule has 0 aliphatic carbocycles. The highest BCUT2D eigenvalue weighted by Gasteiger charge is 2.25. The summed E-state index contributed by atoms with van der Waals surface area (Å²) in [6.45, 7) is 2.93. The Morgan fingerprint density at radius 2 is 2.47 bits per heavy atom. The molecule has 15 heavy (non-hydrogen) atoms. The number of hydrogen-bond acceptors (Lipinski definition) is 3. The van der Waals surface area contributed by atoms with Gasteiger partial charge in [0.1, 0.15) is 0 Å². The summed E-state index contributed by atoms with van der Waals surface area (Å²) in [5, 5.41) is 5.52. The second kappa shape index (κ2) is 5.70. The van der Waals surface area contributed by atoms with E-state index in [0.29, 0.717) is 19.5 Å². The average Bonchev–Trinajstić information content (AvgIpc) is 2.60. The van der Waals surface area contributed by atoms with E-state index in [4.69, 9.17) is 5.73 Å². The predicted octanol–water partition coefficient (Wildman–Crippen LogP) is -0.634. The molecule has 1 saturated heterocycles. The maximum Gasteiger partial charge on any atom is 0.224 e. The third kappa shape index (κ3) is 3.51. The molecule has 1 fully saturated rings. The van der Waals surface area contributed by atoms with Gasteiger partial charge in [0.15, 0.2) is 0 Å². The minimum absolute atomic E-state index is 0.0000833. The molecule has 2 unspecified atom stereocenters. The summed E-state index contributed by atoms with van der Waals surface area (Å²) < 4.78 is 0. The van der Waals surface area contributed by atoms with Gasteiger partial charge >= 0.3 is 0 Å². The number of nitrogens with two attached hydrogens (primary N) is 1. The van der Waals surface area contributed by atoms with Crippen LogP contribution in [0.1, 0.15) is 26.2 Å². The molecule has 0 aromatic heterocycles. The van der Waals surface area contributed by atoms with Crippen molar-refractivity contribution < 1.29 is 9.59 Å². The van der Waals surface area contributed by atoms with Crippen molar-refractivity contribution >= 4 is 11.8 Å². The van der Waals surface area contributed by atoms with Crippen molar-refractivity contribution in [2.45, 2.75) is 32.2 Å². The minimum Gasteiger partial charge on any atom is -0.354 e. The molecule has 0 radical (unpaired) electrons. The van der Waals surface area contributed by atoms with Crippen molar-refractivity contribution in [2.75, 3.05) is 13.1 Å². The first-order valence-electron chi connectivity index (χ1n) is 5.44. The maximum absolute atomic E-state index is 11.7.